The monoisotopic (exact) mass is 279 g/mol. The highest BCUT2D eigenvalue weighted by Gasteiger charge is 2.16. The number of carbonyl (C=O) groups excluding carboxylic acids is 1. The Morgan fingerprint density at radius 2 is 2.33 bits per heavy atom. The Balaban J connectivity index is 3.35. The molecule has 0 aromatic carbocycles. The molecular weight excluding hydrogens is 272 g/mol. The smallest absolute Gasteiger partial charge is 0.280 e. The minimum atomic E-state index is -2.68. The number of rotatable bonds is 4. The maximum atomic E-state index is 12.4. The van der Waals surface area contributed by atoms with E-state index in [2.05, 4.69) is 20.9 Å². The topological polar surface area (TPSA) is 39.2 Å². The minimum absolute atomic E-state index is 0.116. The van der Waals surface area contributed by atoms with Gasteiger partial charge in [-0.25, -0.2) is 13.8 Å². The van der Waals surface area contributed by atoms with Crippen molar-refractivity contribution >= 4 is 22.2 Å². The van der Waals surface area contributed by atoms with Gasteiger partial charge in [0.2, 0.25) is 0 Å². The van der Waals surface area contributed by atoms with Crippen LogP contribution < -0.4 is 4.74 Å². The van der Waals surface area contributed by atoms with Gasteiger partial charge >= 0.3 is 0 Å². The van der Waals surface area contributed by atoms with E-state index in [1.165, 1.54) is 7.11 Å². The van der Waals surface area contributed by atoms with Crippen LogP contribution in [0.2, 0.25) is 0 Å². The lowest BCUT2D eigenvalue weighted by atomic mass is 10.2. The molecule has 0 radical (unpaired) electrons. The summed E-state index contributed by atoms with van der Waals surface area (Å²) in [6, 6.07) is 1.07. The number of alkyl halides is 3. The molecule has 0 saturated heterocycles. The summed E-state index contributed by atoms with van der Waals surface area (Å²) in [4.78, 5) is 14.4. The first-order valence-electron chi connectivity index (χ1n) is 4.01. The zero-order valence-electron chi connectivity index (χ0n) is 7.84. The fourth-order valence-electron chi connectivity index (χ4n) is 1.11. The van der Waals surface area contributed by atoms with Gasteiger partial charge in [-0.1, -0.05) is 15.9 Å². The number of aldehydes is 1. The zero-order chi connectivity index (χ0) is 11.4. The molecule has 0 aliphatic carbocycles. The van der Waals surface area contributed by atoms with Crippen LogP contribution in [-0.4, -0.2) is 18.4 Å². The van der Waals surface area contributed by atoms with E-state index >= 15 is 0 Å². The molecule has 0 saturated carbocycles. The van der Waals surface area contributed by atoms with Crippen LogP contribution >= 0.6 is 15.9 Å². The van der Waals surface area contributed by atoms with Crippen molar-refractivity contribution in [2.24, 2.45) is 0 Å². The van der Waals surface area contributed by atoms with Crippen molar-refractivity contribution in [3.05, 3.63) is 23.0 Å². The molecule has 1 aromatic heterocycles. The number of carbonyl (C=O) groups is 1. The van der Waals surface area contributed by atoms with Crippen LogP contribution in [0, 0.1) is 0 Å². The van der Waals surface area contributed by atoms with Crippen LogP contribution in [-0.2, 0) is 5.33 Å². The Morgan fingerprint density at radius 1 is 1.67 bits per heavy atom. The highest BCUT2D eigenvalue weighted by atomic mass is 79.9. The molecule has 0 unspecified atom stereocenters. The normalized spacial score (nSPS) is 10.5. The van der Waals surface area contributed by atoms with Crippen LogP contribution in [0.1, 0.15) is 28.2 Å². The average molecular weight is 280 g/mol. The summed E-state index contributed by atoms with van der Waals surface area (Å²) < 4.78 is 29.7. The van der Waals surface area contributed by atoms with E-state index in [4.69, 9.17) is 4.74 Å². The molecule has 0 bridgehead atoms. The van der Waals surface area contributed by atoms with Gasteiger partial charge in [-0.05, 0) is 0 Å². The summed E-state index contributed by atoms with van der Waals surface area (Å²) in [5.74, 6) is 0.116. The molecule has 3 nitrogen and oxygen atoms in total. The van der Waals surface area contributed by atoms with Crippen LogP contribution in [0.4, 0.5) is 8.78 Å². The second-order valence-corrected chi connectivity index (χ2v) is 3.22. The van der Waals surface area contributed by atoms with Gasteiger partial charge in [-0.3, -0.25) is 4.79 Å². The van der Waals surface area contributed by atoms with Crippen LogP contribution in [0.3, 0.4) is 0 Å². The fraction of sp³-hybridized carbons (Fsp3) is 0.333. The van der Waals surface area contributed by atoms with Gasteiger partial charge in [0.1, 0.15) is 11.4 Å². The van der Waals surface area contributed by atoms with E-state index in [1.807, 2.05) is 0 Å². The Hall–Kier alpha value is -1.04. The van der Waals surface area contributed by atoms with E-state index in [-0.39, 0.29) is 22.3 Å². The molecule has 1 rings (SSSR count). The molecule has 0 spiro atoms. The second kappa shape index (κ2) is 5.16. The third-order valence-corrected chi connectivity index (χ3v) is 2.34. The number of ether oxygens (including phenoxy) is 1. The van der Waals surface area contributed by atoms with Gasteiger partial charge in [-0.15, -0.1) is 0 Å². The fourth-order valence-corrected chi connectivity index (χ4v) is 1.54. The summed E-state index contributed by atoms with van der Waals surface area (Å²) in [5.41, 5.74) is 0.0466. The number of methoxy groups -OCH3 is 1. The first kappa shape index (κ1) is 12.0. The molecule has 0 aliphatic rings. The molecule has 82 valence electrons. The summed E-state index contributed by atoms with van der Waals surface area (Å²) in [5, 5.41) is 0.220. The molecule has 6 heteroatoms. The van der Waals surface area contributed by atoms with Crippen molar-refractivity contribution in [2.75, 3.05) is 7.11 Å². The maximum Gasteiger partial charge on any atom is 0.280 e. The van der Waals surface area contributed by atoms with Crippen LogP contribution in [0.5, 0.6) is 5.75 Å². The second-order valence-electron chi connectivity index (χ2n) is 2.66. The van der Waals surface area contributed by atoms with Gasteiger partial charge in [-0.2, -0.15) is 0 Å². The highest BCUT2D eigenvalue weighted by Crippen LogP contribution is 2.27. The van der Waals surface area contributed by atoms with Crippen molar-refractivity contribution < 1.29 is 18.3 Å². The predicted octanol–water partition coefficient (Wildman–Crippen LogP) is 2.74. The summed E-state index contributed by atoms with van der Waals surface area (Å²) in [7, 11) is 1.32. The Kier molecular flexibility index (Phi) is 4.14. The average Bonchev–Trinajstić information content (AvgIpc) is 2.26. The first-order chi connectivity index (χ1) is 7.13. The van der Waals surface area contributed by atoms with Gasteiger partial charge in [0.05, 0.1) is 18.4 Å². The number of hydrogen-bond donors (Lipinski definition) is 0. The van der Waals surface area contributed by atoms with Gasteiger partial charge in [0, 0.05) is 11.4 Å². The third-order valence-electron chi connectivity index (χ3n) is 1.81. The molecule has 0 aliphatic heterocycles. The van der Waals surface area contributed by atoms with Crippen LogP contribution in [0.15, 0.2) is 6.07 Å². The lowest BCUT2D eigenvalue weighted by molar-refractivity contribution is 0.111. The van der Waals surface area contributed by atoms with Gasteiger partial charge in [0.25, 0.3) is 6.43 Å². The lowest BCUT2D eigenvalue weighted by Crippen LogP contribution is -2.03. The maximum absolute atomic E-state index is 12.4. The number of halogens is 3. The van der Waals surface area contributed by atoms with Crippen molar-refractivity contribution in [3.63, 3.8) is 0 Å². The quantitative estimate of drug-likeness (QED) is 0.628. The summed E-state index contributed by atoms with van der Waals surface area (Å²) in [6.45, 7) is 0. The van der Waals surface area contributed by atoms with Crippen molar-refractivity contribution in [3.8, 4) is 5.75 Å². The van der Waals surface area contributed by atoms with E-state index in [0.29, 0.717) is 6.29 Å². The number of nitrogens with zero attached hydrogens (tertiary/aromatic N) is 1. The Labute approximate surface area is 93.6 Å². The van der Waals surface area contributed by atoms with Crippen molar-refractivity contribution in [1.82, 2.24) is 4.98 Å². The Bertz CT molecular complexity index is 346. The third kappa shape index (κ3) is 2.50. The molecule has 0 N–H and O–H groups in total. The Morgan fingerprint density at radius 3 is 2.73 bits per heavy atom. The molecule has 0 fully saturated rings. The van der Waals surface area contributed by atoms with E-state index in [9.17, 15) is 13.6 Å². The largest absolute Gasteiger partial charge is 0.496 e. The minimum Gasteiger partial charge on any atom is -0.496 e. The zero-order valence-corrected chi connectivity index (χ0v) is 9.42. The molecule has 15 heavy (non-hydrogen) atoms. The number of aromatic nitrogens is 1. The molecule has 0 atom stereocenters. The van der Waals surface area contributed by atoms with Crippen LogP contribution in [0.25, 0.3) is 0 Å². The molecule has 1 heterocycles. The lowest BCUT2D eigenvalue weighted by Gasteiger charge is -2.09. The number of hydrogen-bond acceptors (Lipinski definition) is 3. The highest BCUT2D eigenvalue weighted by molar-refractivity contribution is 9.08. The molecule has 0 amide bonds. The van der Waals surface area contributed by atoms with E-state index in [1.54, 1.807) is 0 Å². The molecular formula is C9H8BrF2NO2. The van der Waals surface area contributed by atoms with E-state index in [0.717, 1.165) is 6.07 Å². The van der Waals surface area contributed by atoms with Gasteiger partial charge in [0.15, 0.2) is 6.29 Å². The van der Waals surface area contributed by atoms with Gasteiger partial charge < -0.3 is 4.74 Å². The summed E-state index contributed by atoms with van der Waals surface area (Å²) >= 11 is 3.07. The first-order valence-corrected chi connectivity index (χ1v) is 5.13. The number of pyridine rings is 1. The predicted molar refractivity (Wildman–Crippen MR) is 53.8 cm³/mol. The van der Waals surface area contributed by atoms with Crippen molar-refractivity contribution in [1.29, 1.82) is 0 Å². The SMILES string of the molecule is COc1cc(C(F)F)nc(CBr)c1C=O. The molecule has 1 aromatic rings. The van der Waals surface area contributed by atoms with E-state index < -0.39 is 12.1 Å². The summed E-state index contributed by atoms with van der Waals surface area (Å²) in [6.07, 6.45) is -2.14. The van der Waals surface area contributed by atoms with Crippen molar-refractivity contribution in [2.45, 2.75) is 11.8 Å². The standard InChI is InChI=1S/C9H8BrF2NO2/c1-15-8-2-6(9(11)12)13-7(3-10)5(8)4-14/h2,4,9H,3H2,1H3.